The summed E-state index contributed by atoms with van der Waals surface area (Å²) in [5.41, 5.74) is -0.933. The van der Waals surface area contributed by atoms with Crippen LogP contribution in [0.4, 0.5) is 4.39 Å². The number of nitrogens with zero attached hydrogens (tertiary/aromatic N) is 1. The van der Waals surface area contributed by atoms with Crippen molar-refractivity contribution < 1.29 is 22.7 Å². The summed E-state index contributed by atoms with van der Waals surface area (Å²) in [6.07, 6.45) is 0.406. The fourth-order valence-electron chi connectivity index (χ4n) is 2.25. The van der Waals surface area contributed by atoms with Crippen LogP contribution >= 0.6 is 11.6 Å². The lowest BCUT2D eigenvalue weighted by Gasteiger charge is -2.35. The molecule has 1 heterocycles. The first-order valence-electron chi connectivity index (χ1n) is 6.35. The van der Waals surface area contributed by atoms with Crippen LogP contribution in [0.3, 0.4) is 0 Å². The van der Waals surface area contributed by atoms with Crippen molar-refractivity contribution in [3.8, 4) is 0 Å². The molecule has 0 spiro atoms. The quantitative estimate of drug-likeness (QED) is 0.920. The van der Waals surface area contributed by atoms with Crippen LogP contribution in [0, 0.1) is 11.2 Å². The molecule has 0 amide bonds. The molecule has 1 aromatic carbocycles. The number of aliphatic carboxylic acids is 1. The lowest BCUT2D eigenvalue weighted by molar-refractivity contribution is -0.150. The molecule has 1 saturated heterocycles. The Kier molecular flexibility index (Phi) is 4.28. The summed E-state index contributed by atoms with van der Waals surface area (Å²) >= 11 is 5.84. The van der Waals surface area contributed by atoms with Gasteiger partial charge in [0.05, 0.1) is 10.4 Å². The van der Waals surface area contributed by atoms with Crippen LogP contribution in [0.2, 0.25) is 5.02 Å². The van der Waals surface area contributed by atoms with Crippen molar-refractivity contribution in [2.45, 2.75) is 24.7 Å². The monoisotopic (exact) mass is 335 g/mol. The van der Waals surface area contributed by atoms with E-state index in [4.69, 9.17) is 16.7 Å². The molecule has 8 heteroatoms. The molecule has 0 aliphatic carbocycles. The van der Waals surface area contributed by atoms with Crippen molar-refractivity contribution in [2.75, 3.05) is 13.1 Å². The van der Waals surface area contributed by atoms with Crippen LogP contribution in [-0.2, 0) is 14.8 Å². The summed E-state index contributed by atoms with van der Waals surface area (Å²) in [4.78, 5) is 10.9. The number of carboxylic acids is 1. The van der Waals surface area contributed by atoms with E-state index in [2.05, 4.69) is 0 Å². The zero-order valence-corrected chi connectivity index (χ0v) is 12.9. The molecular formula is C13H15ClFNO4S. The van der Waals surface area contributed by atoms with Gasteiger partial charge in [0, 0.05) is 13.1 Å². The lowest BCUT2D eigenvalue weighted by atomic mass is 9.81. The summed E-state index contributed by atoms with van der Waals surface area (Å²) in [6.45, 7) is 1.73. The number of hydrogen-bond donors (Lipinski definition) is 1. The first-order valence-corrected chi connectivity index (χ1v) is 8.17. The van der Waals surface area contributed by atoms with Gasteiger partial charge in [0.1, 0.15) is 10.7 Å². The van der Waals surface area contributed by atoms with Crippen LogP contribution in [0.15, 0.2) is 23.1 Å². The SMILES string of the molecule is CC1(C(=O)O)CCN(S(=O)(=O)c2cc(F)ccc2Cl)CC1. The maximum Gasteiger partial charge on any atom is 0.309 e. The van der Waals surface area contributed by atoms with Gasteiger partial charge in [-0.3, -0.25) is 4.79 Å². The van der Waals surface area contributed by atoms with Crippen molar-refractivity contribution in [2.24, 2.45) is 5.41 Å². The molecule has 0 radical (unpaired) electrons. The number of carbonyl (C=O) groups is 1. The second-order valence-corrected chi connectivity index (χ2v) is 7.66. The fraction of sp³-hybridized carbons (Fsp3) is 0.462. The number of carboxylic acid groups (broad SMARTS) is 1. The number of hydrogen-bond acceptors (Lipinski definition) is 3. The normalized spacial score (nSPS) is 19.4. The molecule has 0 atom stereocenters. The molecular weight excluding hydrogens is 321 g/mol. The van der Waals surface area contributed by atoms with Gasteiger partial charge >= 0.3 is 5.97 Å². The van der Waals surface area contributed by atoms with Crippen molar-refractivity contribution in [3.05, 3.63) is 29.0 Å². The van der Waals surface area contributed by atoms with Crippen molar-refractivity contribution in [3.63, 3.8) is 0 Å². The number of rotatable bonds is 3. The highest BCUT2D eigenvalue weighted by atomic mass is 35.5. The number of piperidine rings is 1. The average Bonchev–Trinajstić information content (AvgIpc) is 2.41. The Labute approximate surface area is 127 Å². The Morgan fingerprint density at radius 2 is 1.95 bits per heavy atom. The van der Waals surface area contributed by atoms with Gasteiger partial charge in [-0.2, -0.15) is 4.31 Å². The summed E-state index contributed by atoms with van der Waals surface area (Å²) < 4.78 is 39.3. The Morgan fingerprint density at radius 1 is 1.38 bits per heavy atom. The van der Waals surface area contributed by atoms with Crippen molar-refractivity contribution >= 4 is 27.6 Å². The second-order valence-electron chi connectivity index (χ2n) is 5.34. The minimum Gasteiger partial charge on any atom is -0.481 e. The first kappa shape index (κ1) is 16.2. The van der Waals surface area contributed by atoms with Gasteiger partial charge in [-0.1, -0.05) is 11.6 Å². The van der Waals surface area contributed by atoms with Gasteiger partial charge in [0.25, 0.3) is 0 Å². The van der Waals surface area contributed by atoms with Gasteiger partial charge in [-0.25, -0.2) is 12.8 Å². The maximum absolute atomic E-state index is 13.3. The standard InChI is InChI=1S/C13H15ClFNO4S/c1-13(12(17)18)4-6-16(7-5-13)21(19,20)11-8-9(15)2-3-10(11)14/h2-3,8H,4-7H2,1H3,(H,17,18). The molecule has 0 aromatic heterocycles. The van der Waals surface area contributed by atoms with Crippen LogP contribution in [0.5, 0.6) is 0 Å². The largest absolute Gasteiger partial charge is 0.481 e. The molecule has 2 rings (SSSR count). The molecule has 5 nitrogen and oxygen atoms in total. The Hall–Kier alpha value is -1.18. The second kappa shape index (κ2) is 5.55. The third kappa shape index (κ3) is 3.04. The molecule has 1 fully saturated rings. The van der Waals surface area contributed by atoms with Crippen molar-refractivity contribution in [1.82, 2.24) is 4.31 Å². The molecule has 0 saturated carbocycles. The highest BCUT2D eigenvalue weighted by Gasteiger charge is 2.40. The maximum atomic E-state index is 13.3. The Bertz CT molecular complexity index is 669. The fourth-order valence-corrected chi connectivity index (χ4v) is 4.18. The average molecular weight is 336 g/mol. The van der Waals surface area contributed by atoms with Gasteiger partial charge < -0.3 is 5.11 Å². The van der Waals surface area contributed by atoms with E-state index in [1.54, 1.807) is 6.92 Å². The highest BCUT2D eigenvalue weighted by Crippen LogP contribution is 2.34. The predicted molar refractivity (Wildman–Crippen MR) is 75.1 cm³/mol. The zero-order chi connectivity index (χ0) is 15.8. The van der Waals surface area contributed by atoms with Crippen LogP contribution in [-0.4, -0.2) is 36.9 Å². The summed E-state index contributed by atoms with van der Waals surface area (Å²) in [5.74, 6) is -1.63. The van der Waals surface area contributed by atoms with Gasteiger partial charge in [-0.15, -0.1) is 0 Å². The number of halogens is 2. The lowest BCUT2D eigenvalue weighted by Crippen LogP contribution is -2.45. The van der Waals surface area contributed by atoms with Gasteiger partial charge in [-0.05, 0) is 38.0 Å². The van der Waals surface area contributed by atoms with E-state index in [0.29, 0.717) is 0 Å². The van der Waals surface area contributed by atoms with E-state index in [9.17, 15) is 17.6 Å². The van der Waals surface area contributed by atoms with Gasteiger partial charge in [0.2, 0.25) is 10.0 Å². The number of sulfonamides is 1. The topological polar surface area (TPSA) is 74.7 Å². The van der Waals surface area contributed by atoms with Crippen molar-refractivity contribution in [1.29, 1.82) is 0 Å². The molecule has 0 bridgehead atoms. The Balaban J connectivity index is 2.27. The van der Waals surface area contributed by atoms with Crippen LogP contribution in [0.1, 0.15) is 19.8 Å². The molecule has 1 aliphatic heterocycles. The third-order valence-corrected chi connectivity index (χ3v) is 6.23. The minimum atomic E-state index is -3.92. The zero-order valence-electron chi connectivity index (χ0n) is 11.3. The van der Waals surface area contributed by atoms with E-state index in [0.717, 1.165) is 16.4 Å². The predicted octanol–water partition coefficient (Wildman–Crippen LogP) is 2.35. The summed E-state index contributed by atoms with van der Waals surface area (Å²) in [6, 6.07) is 3.15. The third-order valence-electron chi connectivity index (χ3n) is 3.85. The summed E-state index contributed by atoms with van der Waals surface area (Å²) in [7, 11) is -3.92. The highest BCUT2D eigenvalue weighted by molar-refractivity contribution is 7.89. The Morgan fingerprint density at radius 3 is 2.48 bits per heavy atom. The molecule has 1 N–H and O–H groups in total. The molecule has 1 aromatic rings. The minimum absolute atomic E-state index is 0.0528. The molecule has 116 valence electrons. The first-order chi connectivity index (χ1) is 9.67. The molecule has 21 heavy (non-hydrogen) atoms. The van der Waals surface area contributed by atoms with E-state index < -0.39 is 27.2 Å². The summed E-state index contributed by atoms with van der Waals surface area (Å²) in [5, 5.41) is 9.09. The van der Waals surface area contributed by atoms with Crippen LogP contribution in [0.25, 0.3) is 0 Å². The van der Waals surface area contributed by atoms with E-state index >= 15 is 0 Å². The van der Waals surface area contributed by atoms with E-state index in [1.807, 2.05) is 0 Å². The van der Waals surface area contributed by atoms with Crippen LogP contribution < -0.4 is 0 Å². The molecule has 0 unspecified atom stereocenters. The van der Waals surface area contributed by atoms with E-state index in [1.165, 1.54) is 6.07 Å². The van der Waals surface area contributed by atoms with E-state index in [-0.39, 0.29) is 35.8 Å². The molecule has 1 aliphatic rings. The van der Waals surface area contributed by atoms with Gasteiger partial charge in [0.15, 0.2) is 0 Å². The number of benzene rings is 1. The smallest absolute Gasteiger partial charge is 0.309 e.